The van der Waals surface area contributed by atoms with Gasteiger partial charge in [0, 0.05) is 5.92 Å². The van der Waals surface area contributed by atoms with E-state index < -0.39 is 5.97 Å². The van der Waals surface area contributed by atoms with Gasteiger partial charge in [0.2, 0.25) is 0 Å². The van der Waals surface area contributed by atoms with E-state index in [0.717, 1.165) is 29.7 Å². The Morgan fingerprint density at radius 3 is 2.68 bits per heavy atom. The molecule has 3 aromatic rings. The summed E-state index contributed by atoms with van der Waals surface area (Å²) in [5.74, 6) is 1.87. The molecule has 6 heteroatoms. The summed E-state index contributed by atoms with van der Waals surface area (Å²) in [4.78, 5) is 21.8. The maximum Gasteiger partial charge on any atom is 0.357 e. The van der Waals surface area contributed by atoms with Crippen LogP contribution in [-0.2, 0) is 11.3 Å². The molecule has 1 aromatic carbocycles. The quantitative estimate of drug-likeness (QED) is 0.606. The van der Waals surface area contributed by atoms with Gasteiger partial charge in [-0.2, -0.15) is 0 Å². The van der Waals surface area contributed by atoms with E-state index in [2.05, 4.69) is 16.9 Å². The fourth-order valence-electron chi connectivity index (χ4n) is 3.02. The predicted molar refractivity (Wildman–Crippen MR) is 107 cm³/mol. The number of esters is 1. The molecule has 0 atom stereocenters. The van der Waals surface area contributed by atoms with Crippen LogP contribution in [0.1, 0.15) is 46.4 Å². The molecule has 6 nitrogen and oxygen atoms in total. The lowest BCUT2D eigenvalue weighted by Crippen LogP contribution is -2.14. The minimum absolute atomic E-state index is 0.271. The number of rotatable bonds is 7. The maximum absolute atomic E-state index is 12.5. The van der Waals surface area contributed by atoms with Gasteiger partial charge in [-0.15, -0.1) is 0 Å². The third-order valence-electron chi connectivity index (χ3n) is 4.69. The molecule has 1 N–H and O–H groups in total. The van der Waals surface area contributed by atoms with E-state index >= 15 is 0 Å². The molecule has 0 aliphatic heterocycles. The zero-order valence-electron chi connectivity index (χ0n) is 15.6. The van der Waals surface area contributed by atoms with Crippen LogP contribution in [0.15, 0.2) is 53.7 Å². The maximum atomic E-state index is 12.5. The van der Waals surface area contributed by atoms with Crippen molar-refractivity contribution in [2.45, 2.75) is 25.3 Å². The molecule has 4 rings (SSSR count). The van der Waals surface area contributed by atoms with Gasteiger partial charge >= 0.3 is 5.97 Å². The number of carbonyl (C=O) groups is 1. The first-order valence-corrected chi connectivity index (χ1v) is 9.19. The molecule has 142 valence electrons. The van der Waals surface area contributed by atoms with Crippen molar-refractivity contribution in [1.82, 2.24) is 9.97 Å². The summed E-state index contributed by atoms with van der Waals surface area (Å²) in [6.07, 6.45) is 5.46. The van der Waals surface area contributed by atoms with Crippen LogP contribution in [0.3, 0.4) is 0 Å². The van der Waals surface area contributed by atoms with Crippen molar-refractivity contribution in [1.29, 1.82) is 0 Å². The van der Waals surface area contributed by atoms with Crippen LogP contribution in [0, 0.1) is 0 Å². The summed E-state index contributed by atoms with van der Waals surface area (Å²) in [5, 5.41) is 3.31. The second-order valence-electron chi connectivity index (χ2n) is 6.68. The van der Waals surface area contributed by atoms with Crippen molar-refractivity contribution in [3.63, 3.8) is 0 Å². The number of carbonyl (C=O) groups excluding carboxylic acids is 1. The van der Waals surface area contributed by atoms with Crippen LogP contribution in [-0.4, -0.2) is 23.0 Å². The average Bonchev–Trinajstić information content (AvgIpc) is 3.46. The van der Waals surface area contributed by atoms with Crippen molar-refractivity contribution in [3.8, 4) is 11.1 Å². The van der Waals surface area contributed by atoms with Crippen LogP contribution >= 0.6 is 0 Å². The molecular weight excluding hydrogens is 354 g/mol. The SMILES string of the molecule is C=Cc1ccc(-c2c(NCc3ccco3)nc(C3CC3)nc2C(=O)OC)cc1. The standard InChI is InChI=1S/C22H21N3O3/c1-3-14-6-8-15(9-7-14)18-19(22(26)27-2)24-20(16-10-11-16)25-21(18)23-13-17-5-4-12-28-17/h3-9,12,16H,1,10-11,13H2,2H3,(H,23,24,25). The highest BCUT2D eigenvalue weighted by atomic mass is 16.5. The first kappa shape index (κ1) is 18.0. The largest absolute Gasteiger partial charge is 0.467 e. The summed E-state index contributed by atoms with van der Waals surface area (Å²) >= 11 is 0. The second-order valence-corrected chi connectivity index (χ2v) is 6.68. The zero-order chi connectivity index (χ0) is 19.5. The fraction of sp³-hybridized carbons (Fsp3) is 0.227. The Bertz CT molecular complexity index is 991. The van der Waals surface area contributed by atoms with Crippen molar-refractivity contribution in [2.24, 2.45) is 0 Å². The Morgan fingerprint density at radius 2 is 2.07 bits per heavy atom. The molecule has 2 heterocycles. The lowest BCUT2D eigenvalue weighted by Gasteiger charge is -2.15. The van der Waals surface area contributed by atoms with Crippen molar-refractivity contribution in [3.05, 3.63) is 72.1 Å². The number of nitrogens with zero attached hydrogens (tertiary/aromatic N) is 2. The number of nitrogens with one attached hydrogen (secondary N) is 1. The summed E-state index contributed by atoms with van der Waals surface area (Å²) in [6, 6.07) is 11.5. The third kappa shape index (κ3) is 3.67. The summed E-state index contributed by atoms with van der Waals surface area (Å²) < 4.78 is 10.4. The van der Waals surface area contributed by atoms with Crippen LogP contribution in [0.25, 0.3) is 17.2 Å². The van der Waals surface area contributed by atoms with Crippen LogP contribution < -0.4 is 5.32 Å². The number of anilines is 1. The van der Waals surface area contributed by atoms with Gasteiger partial charge in [-0.25, -0.2) is 14.8 Å². The number of benzene rings is 1. The van der Waals surface area contributed by atoms with Gasteiger partial charge in [0.15, 0.2) is 5.69 Å². The normalized spacial score (nSPS) is 13.2. The van der Waals surface area contributed by atoms with Crippen molar-refractivity contribution >= 4 is 17.9 Å². The first-order valence-electron chi connectivity index (χ1n) is 9.19. The highest BCUT2D eigenvalue weighted by Crippen LogP contribution is 2.40. The van der Waals surface area contributed by atoms with Gasteiger partial charge in [-0.1, -0.05) is 36.9 Å². The van der Waals surface area contributed by atoms with Gasteiger partial charge in [-0.05, 0) is 36.1 Å². The molecule has 0 amide bonds. The summed E-state index contributed by atoms with van der Waals surface area (Å²) in [7, 11) is 1.36. The Labute approximate surface area is 163 Å². The van der Waals surface area contributed by atoms with E-state index in [-0.39, 0.29) is 5.69 Å². The number of methoxy groups -OCH3 is 1. The summed E-state index contributed by atoms with van der Waals surface area (Å²) in [6.45, 7) is 4.24. The van der Waals surface area contributed by atoms with E-state index in [1.54, 1.807) is 12.3 Å². The number of ether oxygens (including phenoxy) is 1. The number of furan rings is 1. The van der Waals surface area contributed by atoms with Crippen molar-refractivity contribution < 1.29 is 13.9 Å². The van der Waals surface area contributed by atoms with E-state index in [4.69, 9.17) is 14.1 Å². The highest BCUT2D eigenvalue weighted by Gasteiger charge is 2.31. The van der Waals surface area contributed by atoms with E-state index in [9.17, 15) is 4.79 Å². The lowest BCUT2D eigenvalue weighted by atomic mass is 10.0. The van der Waals surface area contributed by atoms with Crippen molar-refractivity contribution in [2.75, 3.05) is 12.4 Å². The highest BCUT2D eigenvalue weighted by molar-refractivity contribution is 5.98. The van der Waals surface area contributed by atoms with Gasteiger partial charge < -0.3 is 14.5 Å². The predicted octanol–water partition coefficient (Wildman–Crippen LogP) is 4.66. The molecule has 0 unspecified atom stereocenters. The average molecular weight is 375 g/mol. The third-order valence-corrected chi connectivity index (χ3v) is 4.69. The Morgan fingerprint density at radius 1 is 1.29 bits per heavy atom. The first-order chi connectivity index (χ1) is 13.7. The van der Waals surface area contributed by atoms with Gasteiger partial charge in [0.25, 0.3) is 0 Å². The van der Waals surface area contributed by atoms with Gasteiger partial charge in [0.1, 0.15) is 17.4 Å². The molecule has 1 fully saturated rings. The molecule has 1 aliphatic rings. The van der Waals surface area contributed by atoms with E-state index in [0.29, 0.717) is 29.7 Å². The Hall–Kier alpha value is -3.41. The molecule has 2 aromatic heterocycles. The minimum Gasteiger partial charge on any atom is -0.467 e. The van der Waals surface area contributed by atoms with E-state index in [1.807, 2.05) is 36.4 Å². The monoisotopic (exact) mass is 375 g/mol. The van der Waals surface area contributed by atoms with Crippen LogP contribution in [0.2, 0.25) is 0 Å². The summed E-state index contributed by atoms with van der Waals surface area (Å²) in [5.41, 5.74) is 2.71. The molecular formula is C22H21N3O3. The number of hydrogen-bond donors (Lipinski definition) is 1. The molecule has 0 bridgehead atoms. The molecule has 1 saturated carbocycles. The topological polar surface area (TPSA) is 77.3 Å². The number of aromatic nitrogens is 2. The molecule has 28 heavy (non-hydrogen) atoms. The lowest BCUT2D eigenvalue weighted by molar-refractivity contribution is 0.0594. The van der Waals surface area contributed by atoms with Crippen LogP contribution in [0.4, 0.5) is 5.82 Å². The smallest absolute Gasteiger partial charge is 0.357 e. The molecule has 1 aliphatic carbocycles. The Balaban J connectivity index is 1.82. The molecule has 0 radical (unpaired) electrons. The molecule has 0 saturated heterocycles. The fourth-order valence-corrected chi connectivity index (χ4v) is 3.02. The van der Waals surface area contributed by atoms with Gasteiger partial charge in [0.05, 0.1) is 25.5 Å². The number of hydrogen-bond acceptors (Lipinski definition) is 6. The molecule has 0 spiro atoms. The van der Waals surface area contributed by atoms with Gasteiger partial charge in [-0.3, -0.25) is 0 Å². The second kappa shape index (κ2) is 7.68. The van der Waals surface area contributed by atoms with E-state index in [1.165, 1.54) is 7.11 Å². The zero-order valence-corrected chi connectivity index (χ0v) is 15.6. The minimum atomic E-state index is -0.479. The van der Waals surface area contributed by atoms with Crippen LogP contribution in [0.5, 0.6) is 0 Å². The Kier molecular flexibility index (Phi) is 4.93.